The molecule has 0 unspecified atom stereocenters. The van der Waals surface area contributed by atoms with E-state index in [1.807, 2.05) is 42.1 Å². The maximum atomic E-state index is 12.0. The molecular formula is C15H22N2OS. The molecule has 1 amide bonds. The molecule has 3 N–H and O–H groups in total. The number of amides is 1. The van der Waals surface area contributed by atoms with Gasteiger partial charge in [-0.25, -0.2) is 0 Å². The maximum absolute atomic E-state index is 12.0. The summed E-state index contributed by atoms with van der Waals surface area (Å²) in [4.78, 5) is 12.0. The lowest BCUT2D eigenvalue weighted by atomic mass is 9.82. The Labute approximate surface area is 119 Å². The van der Waals surface area contributed by atoms with Crippen LogP contribution in [0.2, 0.25) is 0 Å². The van der Waals surface area contributed by atoms with Crippen LogP contribution in [0.1, 0.15) is 18.4 Å². The van der Waals surface area contributed by atoms with Gasteiger partial charge >= 0.3 is 0 Å². The first-order valence-electron chi connectivity index (χ1n) is 6.83. The zero-order valence-corrected chi connectivity index (χ0v) is 12.0. The van der Waals surface area contributed by atoms with Crippen molar-refractivity contribution in [2.24, 2.45) is 11.1 Å². The molecule has 0 spiro atoms. The Morgan fingerprint density at radius 1 is 1.26 bits per heavy atom. The van der Waals surface area contributed by atoms with Crippen molar-refractivity contribution in [2.75, 3.05) is 24.6 Å². The van der Waals surface area contributed by atoms with E-state index >= 15 is 0 Å². The normalized spacial score (nSPS) is 17.9. The Hall–Kier alpha value is -1.00. The molecule has 0 aliphatic carbocycles. The average molecular weight is 278 g/mol. The molecule has 1 aliphatic rings. The van der Waals surface area contributed by atoms with Crippen LogP contribution in [0.3, 0.4) is 0 Å². The number of nitrogens with one attached hydrogen (secondary N) is 1. The third-order valence-electron chi connectivity index (χ3n) is 3.85. The van der Waals surface area contributed by atoms with Crippen LogP contribution in [-0.2, 0) is 11.2 Å². The van der Waals surface area contributed by atoms with Gasteiger partial charge in [-0.3, -0.25) is 4.79 Å². The zero-order chi connectivity index (χ0) is 13.6. The molecule has 1 saturated heterocycles. The lowest BCUT2D eigenvalue weighted by Gasteiger charge is -2.36. The Morgan fingerprint density at radius 3 is 2.58 bits per heavy atom. The summed E-state index contributed by atoms with van der Waals surface area (Å²) in [5.41, 5.74) is 7.10. The van der Waals surface area contributed by atoms with Crippen LogP contribution in [0.25, 0.3) is 0 Å². The van der Waals surface area contributed by atoms with E-state index in [1.165, 1.54) is 0 Å². The van der Waals surface area contributed by atoms with Crippen LogP contribution in [0.15, 0.2) is 30.3 Å². The van der Waals surface area contributed by atoms with E-state index in [9.17, 15) is 4.79 Å². The van der Waals surface area contributed by atoms with E-state index in [1.54, 1.807) is 0 Å². The number of hydrogen-bond acceptors (Lipinski definition) is 3. The molecule has 1 heterocycles. The summed E-state index contributed by atoms with van der Waals surface area (Å²) in [7, 11) is 0. The molecule has 0 bridgehead atoms. The number of carbonyl (C=O) groups is 1. The minimum atomic E-state index is 0.0947. The van der Waals surface area contributed by atoms with E-state index in [-0.39, 0.29) is 11.3 Å². The van der Waals surface area contributed by atoms with Gasteiger partial charge in [0.2, 0.25) is 5.91 Å². The first-order chi connectivity index (χ1) is 9.24. The summed E-state index contributed by atoms with van der Waals surface area (Å²) in [5, 5.41) is 3.06. The zero-order valence-electron chi connectivity index (χ0n) is 11.2. The third kappa shape index (κ3) is 4.25. The average Bonchev–Trinajstić information content (AvgIpc) is 2.47. The van der Waals surface area contributed by atoms with E-state index < -0.39 is 0 Å². The van der Waals surface area contributed by atoms with Crippen molar-refractivity contribution < 1.29 is 4.79 Å². The van der Waals surface area contributed by atoms with Gasteiger partial charge in [-0.05, 0) is 36.5 Å². The van der Waals surface area contributed by atoms with Gasteiger partial charge in [0.25, 0.3) is 0 Å². The second-order valence-electron chi connectivity index (χ2n) is 5.26. The van der Waals surface area contributed by atoms with Gasteiger partial charge in [-0.1, -0.05) is 30.3 Å². The first-order valence-corrected chi connectivity index (χ1v) is 7.98. The van der Waals surface area contributed by atoms with Gasteiger partial charge in [0, 0.05) is 12.0 Å². The van der Waals surface area contributed by atoms with E-state index in [4.69, 9.17) is 5.73 Å². The highest BCUT2D eigenvalue weighted by Gasteiger charge is 2.31. The van der Waals surface area contributed by atoms with E-state index in [2.05, 4.69) is 5.32 Å². The van der Waals surface area contributed by atoms with Crippen LogP contribution < -0.4 is 11.1 Å². The predicted octanol–water partition coefficient (Wildman–Crippen LogP) is 1.82. The lowest BCUT2D eigenvalue weighted by molar-refractivity contribution is -0.121. The van der Waals surface area contributed by atoms with Crippen molar-refractivity contribution in [3.63, 3.8) is 0 Å². The molecule has 0 atom stereocenters. The summed E-state index contributed by atoms with van der Waals surface area (Å²) in [6.45, 7) is 1.38. The fourth-order valence-corrected chi connectivity index (χ4v) is 3.75. The molecule has 0 saturated carbocycles. The number of rotatable bonds is 5. The SMILES string of the molecule is NCC1(CNC(=O)Cc2ccccc2)CCSCC1. The van der Waals surface area contributed by atoms with Crippen LogP contribution in [0.5, 0.6) is 0 Å². The number of benzene rings is 1. The minimum Gasteiger partial charge on any atom is -0.355 e. The van der Waals surface area contributed by atoms with Crippen molar-refractivity contribution in [2.45, 2.75) is 19.3 Å². The molecule has 1 aromatic rings. The van der Waals surface area contributed by atoms with Crippen molar-refractivity contribution in [3.05, 3.63) is 35.9 Å². The van der Waals surface area contributed by atoms with E-state index in [0.717, 1.165) is 36.5 Å². The minimum absolute atomic E-state index is 0.0947. The van der Waals surface area contributed by atoms with Gasteiger partial charge in [0.15, 0.2) is 0 Å². The van der Waals surface area contributed by atoms with Crippen LogP contribution in [0.4, 0.5) is 0 Å². The summed E-state index contributed by atoms with van der Waals surface area (Å²) >= 11 is 1.98. The Bertz CT molecular complexity index is 402. The molecule has 104 valence electrons. The third-order valence-corrected chi connectivity index (χ3v) is 4.84. The van der Waals surface area contributed by atoms with Gasteiger partial charge in [-0.2, -0.15) is 11.8 Å². The molecule has 0 radical (unpaired) electrons. The Balaban J connectivity index is 1.82. The van der Waals surface area contributed by atoms with Crippen molar-refractivity contribution >= 4 is 17.7 Å². The van der Waals surface area contributed by atoms with Crippen LogP contribution in [-0.4, -0.2) is 30.5 Å². The molecule has 1 fully saturated rings. The van der Waals surface area contributed by atoms with E-state index in [0.29, 0.717) is 13.0 Å². The number of hydrogen-bond donors (Lipinski definition) is 2. The molecule has 1 aliphatic heterocycles. The number of nitrogens with two attached hydrogens (primary N) is 1. The molecule has 1 aromatic carbocycles. The summed E-state index contributed by atoms with van der Waals surface area (Å²) in [5.74, 6) is 2.41. The van der Waals surface area contributed by atoms with Gasteiger partial charge < -0.3 is 11.1 Å². The second-order valence-corrected chi connectivity index (χ2v) is 6.48. The highest BCUT2D eigenvalue weighted by atomic mass is 32.2. The fraction of sp³-hybridized carbons (Fsp3) is 0.533. The lowest BCUT2D eigenvalue weighted by Crippen LogP contribution is -2.45. The van der Waals surface area contributed by atoms with Crippen LogP contribution in [0, 0.1) is 5.41 Å². The monoisotopic (exact) mass is 278 g/mol. The maximum Gasteiger partial charge on any atom is 0.224 e. The fourth-order valence-electron chi connectivity index (χ4n) is 2.39. The largest absolute Gasteiger partial charge is 0.355 e. The number of carbonyl (C=O) groups excluding carboxylic acids is 1. The predicted molar refractivity (Wildman–Crippen MR) is 81.2 cm³/mol. The summed E-state index contributed by atoms with van der Waals surface area (Å²) in [6, 6.07) is 9.85. The number of thioether (sulfide) groups is 1. The first kappa shape index (κ1) is 14.4. The quantitative estimate of drug-likeness (QED) is 0.864. The highest BCUT2D eigenvalue weighted by Crippen LogP contribution is 2.33. The highest BCUT2D eigenvalue weighted by molar-refractivity contribution is 7.99. The standard InChI is InChI=1S/C15H22N2OS/c16-11-15(6-8-19-9-7-15)12-17-14(18)10-13-4-2-1-3-5-13/h1-5H,6-12,16H2,(H,17,18). The molecule has 4 heteroatoms. The molecule has 0 aromatic heterocycles. The second kappa shape index (κ2) is 6.96. The smallest absolute Gasteiger partial charge is 0.224 e. The van der Waals surface area contributed by atoms with Gasteiger partial charge in [0.05, 0.1) is 6.42 Å². The van der Waals surface area contributed by atoms with Crippen LogP contribution >= 0.6 is 11.8 Å². The summed E-state index contributed by atoms with van der Waals surface area (Å²) < 4.78 is 0. The topological polar surface area (TPSA) is 55.1 Å². The van der Waals surface area contributed by atoms with Crippen molar-refractivity contribution in [3.8, 4) is 0 Å². The van der Waals surface area contributed by atoms with Crippen molar-refractivity contribution in [1.29, 1.82) is 0 Å². The Morgan fingerprint density at radius 2 is 1.95 bits per heavy atom. The molecule has 3 nitrogen and oxygen atoms in total. The van der Waals surface area contributed by atoms with Gasteiger partial charge in [0.1, 0.15) is 0 Å². The Kier molecular flexibility index (Phi) is 5.28. The molecule has 19 heavy (non-hydrogen) atoms. The molecule has 2 rings (SSSR count). The van der Waals surface area contributed by atoms with Gasteiger partial charge in [-0.15, -0.1) is 0 Å². The summed E-state index contributed by atoms with van der Waals surface area (Å²) in [6.07, 6.45) is 2.68. The van der Waals surface area contributed by atoms with Crippen molar-refractivity contribution in [1.82, 2.24) is 5.32 Å². The molecular weight excluding hydrogens is 256 g/mol.